The van der Waals surface area contributed by atoms with Crippen molar-refractivity contribution in [3.05, 3.63) is 34.2 Å². The Bertz CT molecular complexity index is 1020. The van der Waals surface area contributed by atoms with Gasteiger partial charge in [-0.05, 0) is 13.0 Å². The van der Waals surface area contributed by atoms with E-state index in [0.29, 0.717) is 41.3 Å². The molecule has 24 heavy (non-hydrogen) atoms. The summed E-state index contributed by atoms with van der Waals surface area (Å²) in [5.74, 6) is 1.09. The number of nitrogens with one attached hydrogen (secondary N) is 2. The average Bonchev–Trinajstić information content (AvgIpc) is 2.84. The minimum atomic E-state index is -0.320. The maximum Gasteiger partial charge on any atom is 0.252 e. The van der Waals surface area contributed by atoms with Crippen LogP contribution in [-0.4, -0.2) is 33.3 Å². The van der Waals surface area contributed by atoms with Crippen molar-refractivity contribution in [1.82, 2.24) is 15.0 Å². The number of ether oxygens (including phenoxy) is 2. The predicted octanol–water partition coefficient (Wildman–Crippen LogP) is 2.45. The fourth-order valence-corrected chi connectivity index (χ4v) is 2.51. The zero-order valence-corrected chi connectivity index (χ0v) is 12.7. The molecular weight excluding hydrogens is 314 g/mol. The summed E-state index contributed by atoms with van der Waals surface area (Å²) < 4.78 is 11.0. The summed E-state index contributed by atoms with van der Waals surface area (Å²) in [7, 11) is 0. The summed E-state index contributed by atoms with van der Waals surface area (Å²) in [6, 6.07) is 4.81. The summed E-state index contributed by atoms with van der Waals surface area (Å²) >= 11 is 0. The van der Waals surface area contributed by atoms with Crippen LogP contribution in [0.5, 0.6) is 17.4 Å². The lowest BCUT2D eigenvalue weighted by molar-refractivity contribution is 0.172. The van der Waals surface area contributed by atoms with E-state index in [9.17, 15) is 9.90 Å². The van der Waals surface area contributed by atoms with Gasteiger partial charge in [0.25, 0.3) is 5.56 Å². The molecule has 9 heteroatoms. The van der Waals surface area contributed by atoms with Gasteiger partial charge in [0.1, 0.15) is 13.2 Å². The first kappa shape index (κ1) is 14.2. The molecule has 3 aromatic rings. The molecule has 3 N–H and O–H groups in total. The molecule has 9 nitrogen and oxygen atoms in total. The number of benzene rings is 1. The second-order valence-corrected chi connectivity index (χ2v) is 5.27. The third-order valence-electron chi connectivity index (χ3n) is 3.52. The lowest BCUT2D eigenvalue weighted by atomic mass is 10.2. The predicted molar refractivity (Wildman–Crippen MR) is 84.7 cm³/mol. The topological polar surface area (TPSA) is 125 Å². The van der Waals surface area contributed by atoms with E-state index in [-0.39, 0.29) is 23.1 Å². The van der Waals surface area contributed by atoms with Gasteiger partial charge < -0.3 is 19.6 Å². The molecule has 0 amide bonds. The van der Waals surface area contributed by atoms with E-state index in [0.717, 1.165) is 0 Å². The van der Waals surface area contributed by atoms with Gasteiger partial charge in [0, 0.05) is 23.2 Å². The highest BCUT2D eigenvalue weighted by atomic mass is 16.6. The number of rotatable bonds is 2. The summed E-state index contributed by atoms with van der Waals surface area (Å²) in [4.78, 5) is 20.8. The SMILES string of the molecule is Cc1cc(=O)[nH]c(N=Nc2c(O)[nH]c3cc4c(cc23)OCCO4)n1. The number of H-pyrrole nitrogens is 2. The number of fused-ring (bicyclic) bond motifs is 2. The molecule has 122 valence electrons. The standard InChI is InChI=1S/C15H13N5O4/c1-7-4-12(21)18-15(16-7)20-19-13-8-5-10-11(24-3-2-23-10)6-9(8)17-14(13)22/h4-6,17,22H,2-3H2,1H3,(H,16,18,21). The van der Waals surface area contributed by atoms with Gasteiger partial charge in [-0.2, -0.15) is 0 Å². The van der Waals surface area contributed by atoms with E-state index in [1.165, 1.54) is 6.07 Å². The zero-order valence-electron chi connectivity index (χ0n) is 12.7. The van der Waals surface area contributed by atoms with E-state index in [1.54, 1.807) is 19.1 Å². The van der Waals surface area contributed by atoms with Gasteiger partial charge in [-0.25, -0.2) is 4.98 Å². The molecule has 0 atom stereocenters. The Labute approximate surface area is 135 Å². The van der Waals surface area contributed by atoms with Crippen LogP contribution < -0.4 is 15.0 Å². The van der Waals surface area contributed by atoms with Crippen molar-refractivity contribution in [2.45, 2.75) is 6.92 Å². The Balaban J connectivity index is 1.79. The molecular formula is C15H13N5O4. The Morgan fingerprint density at radius 1 is 1.12 bits per heavy atom. The molecule has 0 fully saturated rings. The van der Waals surface area contributed by atoms with Crippen LogP contribution in [0.3, 0.4) is 0 Å². The van der Waals surface area contributed by atoms with Gasteiger partial charge in [-0.15, -0.1) is 10.2 Å². The third-order valence-corrected chi connectivity index (χ3v) is 3.52. The molecule has 0 aliphatic carbocycles. The van der Waals surface area contributed by atoms with Crippen LogP contribution in [-0.2, 0) is 0 Å². The number of aromatic amines is 2. The van der Waals surface area contributed by atoms with E-state index in [2.05, 4.69) is 25.2 Å². The van der Waals surface area contributed by atoms with Crippen molar-refractivity contribution in [1.29, 1.82) is 0 Å². The minimum Gasteiger partial charge on any atom is -0.493 e. The van der Waals surface area contributed by atoms with Crippen LogP contribution in [0.25, 0.3) is 10.9 Å². The molecule has 1 aliphatic rings. The average molecular weight is 327 g/mol. The normalized spacial score (nSPS) is 13.7. The van der Waals surface area contributed by atoms with Crippen LogP contribution in [0, 0.1) is 6.92 Å². The van der Waals surface area contributed by atoms with E-state index < -0.39 is 0 Å². The summed E-state index contributed by atoms with van der Waals surface area (Å²) in [6.07, 6.45) is 0. The highest BCUT2D eigenvalue weighted by molar-refractivity contribution is 5.96. The molecule has 0 saturated heterocycles. The Morgan fingerprint density at radius 3 is 2.62 bits per heavy atom. The lowest BCUT2D eigenvalue weighted by Crippen LogP contribution is -2.15. The molecule has 0 radical (unpaired) electrons. The summed E-state index contributed by atoms with van der Waals surface area (Å²) in [5.41, 5.74) is 1.07. The molecule has 2 aromatic heterocycles. The van der Waals surface area contributed by atoms with Crippen molar-refractivity contribution in [2.24, 2.45) is 10.2 Å². The smallest absolute Gasteiger partial charge is 0.252 e. The van der Waals surface area contributed by atoms with Gasteiger partial charge >= 0.3 is 0 Å². The van der Waals surface area contributed by atoms with E-state index in [1.807, 2.05) is 0 Å². The molecule has 0 unspecified atom stereocenters. The quantitative estimate of drug-likeness (QED) is 0.623. The van der Waals surface area contributed by atoms with E-state index in [4.69, 9.17) is 9.47 Å². The van der Waals surface area contributed by atoms with Crippen molar-refractivity contribution < 1.29 is 14.6 Å². The monoisotopic (exact) mass is 327 g/mol. The van der Waals surface area contributed by atoms with E-state index >= 15 is 0 Å². The first-order chi connectivity index (χ1) is 11.6. The van der Waals surface area contributed by atoms with Crippen molar-refractivity contribution in [3.8, 4) is 17.4 Å². The lowest BCUT2D eigenvalue weighted by Gasteiger charge is -2.17. The van der Waals surface area contributed by atoms with Gasteiger partial charge in [0.15, 0.2) is 17.2 Å². The van der Waals surface area contributed by atoms with Gasteiger partial charge in [0.05, 0.1) is 5.52 Å². The number of azo groups is 1. The molecule has 1 aromatic carbocycles. The van der Waals surface area contributed by atoms with Gasteiger partial charge in [0.2, 0.25) is 11.8 Å². The third kappa shape index (κ3) is 2.45. The number of hydrogen-bond donors (Lipinski definition) is 3. The summed E-state index contributed by atoms with van der Waals surface area (Å²) in [6.45, 7) is 2.62. The second-order valence-electron chi connectivity index (χ2n) is 5.27. The first-order valence-corrected chi connectivity index (χ1v) is 7.24. The second kappa shape index (κ2) is 5.37. The van der Waals surface area contributed by atoms with Crippen molar-refractivity contribution in [2.75, 3.05) is 13.2 Å². The van der Waals surface area contributed by atoms with Crippen LogP contribution in [0.1, 0.15) is 5.69 Å². The summed E-state index contributed by atoms with van der Waals surface area (Å²) in [5, 5.41) is 18.6. The Hall–Kier alpha value is -3.36. The number of aromatic hydroxyl groups is 1. The maximum atomic E-state index is 11.4. The maximum absolute atomic E-state index is 11.4. The fraction of sp³-hybridized carbons (Fsp3) is 0.200. The van der Waals surface area contributed by atoms with Crippen molar-refractivity contribution >= 4 is 22.5 Å². The largest absolute Gasteiger partial charge is 0.493 e. The highest BCUT2D eigenvalue weighted by Crippen LogP contribution is 2.42. The van der Waals surface area contributed by atoms with Gasteiger partial charge in [-0.3, -0.25) is 9.78 Å². The van der Waals surface area contributed by atoms with Gasteiger partial charge in [-0.1, -0.05) is 0 Å². The number of aromatic nitrogens is 3. The Kier molecular flexibility index (Phi) is 3.19. The van der Waals surface area contributed by atoms with Crippen molar-refractivity contribution in [3.63, 3.8) is 0 Å². The van der Waals surface area contributed by atoms with Crippen LogP contribution in [0.4, 0.5) is 11.6 Å². The molecule has 3 heterocycles. The highest BCUT2D eigenvalue weighted by Gasteiger charge is 2.18. The molecule has 1 aliphatic heterocycles. The molecule has 0 spiro atoms. The number of aryl methyl sites for hydroxylation is 1. The van der Waals surface area contributed by atoms with Crippen LogP contribution in [0.15, 0.2) is 33.2 Å². The Morgan fingerprint density at radius 2 is 1.88 bits per heavy atom. The zero-order chi connectivity index (χ0) is 16.7. The minimum absolute atomic E-state index is 0.0614. The molecule has 0 bridgehead atoms. The fourth-order valence-electron chi connectivity index (χ4n) is 2.51. The van der Waals surface area contributed by atoms with Crippen LogP contribution in [0.2, 0.25) is 0 Å². The molecule has 0 saturated carbocycles. The number of nitrogens with zero attached hydrogens (tertiary/aromatic N) is 3. The molecule has 4 rings (SSSR count). The first-order valence-electron chi connectivity index (χ1n) is 7.24. The number of hydrogen-bond acceptors (Lipinski definition) is 7. The van der Waals surface area contributed by atoms with Crippen LogP contribution >= 0.6 is 0 Å².